The average Bonchev–Trinajstić information content (AvgIpc) is 2.97. The summed E-state index contributed by atoms with van der Waals surface area (Å²) in [6, 6.07) is 11.5. The lowest BCUT2D eigenvalue weighted by Gasteiger charge is -2.13. The van der Waals surface area contributed by atoms with Crippen LogP contribution < -0.4 is 5.32 Å². The van der Waals surface area contributed by atoms with Crippen LogP contribution in [0, 0.1) is 11.8 Å². The maximum absolute atomic E-state index is 13.5. The molecule has 0 unspecified atom stereocenters. The summed E-state index contributed by atoms with van der Waals surface area (Å²) in [6.07, 6.45) is -5.96. The Morgan fingerprint density at radius 2 is 1.68 bits per heavy atom. The highest BCUT2D eigenvalue weighted by Crippen LogP contribution is 2.37. The third kappa shape index (κ3) is 4.71. The van der Waals surface area contributed by atoms with Crippen LogP contribution in [-0.4, -0.2) is 34.4 Å². The van der Waals surface area contributed by atoms with Gasteiger partial charge in [-0.25, -0.2) is 0 Å². The van der Waals surface area contributed by atoms with E-state index in [-0.39, 0.29) is 24.0 Å². The van der Waals surface area contributed by atoms with Crippen LogP contribution in [0.3, 0.4) is 0 Å². The molecule has 0 heterocycles. The second-order valence-corrected chi connectivity index (χ2v) is 6.65. The van der Waals surface area contributed by atoms with Crippen molar-refractivity contribution in [2.24, 2.45) is 0 Å². The Bertz CT molecular complexity index is 906. The average molecular weight is 389 g/mol. The van der Waals surface area contributed by atoms with Crippen molar-refractivity contribution in [1.29, 1.82) is 0 Å². The van der Waals surface area contributed by atoms with Crippen molar-refractivity contribution in [3.05, 3.63) is 59.7 Å². The molecule has 7 heteroatoms. The number of amides is 1. The molecule has 0 aliphatic heterocycles. The molecule has 1 saturated carbocycles. The minimum absolute atomic E-state index is 0.0389. The standard InChI is InChI=1S/C21H18F3NO3/c22-21(23,24)17-10-13(6-8-16(17)14-4-2-1-3-5-14)7-9-20(28)25-15-11-18(26)19(27)12-15/h1-6,8,10,15,18-19,26-27H,11-12H2,(H,25,28)/t15-,18-,19+. The zero-order chi connectivity index (χ0) is 20.3. The van der Waals surface area contributed by atoms with Gasteiger partial charge in [0, 0.05) is 17.5 Å². The summed E-state index contributed by atoms with van der Waals surface area (Å²) in [5.41, 5.74) is -0.288. The van der Waals surface area contributed by atoms with Crippen LogP contribution in [0.1, 0.15) is 24.0 Å². The highest BCUT2D eigenvalue weighted by atomic mass is 19.4. The number of aliphatic hydroxyl groups is 2. The first kappa shape index (κ1) is 19.9. The largest absolute Gasteiger partial charge is 0.417 e. The smallest absolute Gasteiger partial charge is 0.390 e. The molecule has 1 fully saturated rings. The first-order chi connectivity index (χ1) is 13.2. The summed E-state index contributed by atoms with van der Waals surface area (Å²) in [7, 11) is 0. The van der Waals surface area contributed by atoms with E-state index in [1.165, 1.54) is 12.1 Å². The summed E-state index contributed by atoms with van der Waals surface area (Å²) in [4.78, 5) is 11.9. The fourth-order valence-corrected chi connectivity index (χ4v) is 3.19. The Morgan fingerprint density at radius 1 is 1.04 bits per heavy atom. The molecule has 0 saturated heterocycles. The van der Waals surface area contributed by atoms with E-state index in [1.54, 1.807) is 30.3 Å². The lowest BCUT2D eigenvalue weighted by atomic mass is 9.97. The Labute approximate surface area is 160 Å². The second kappa shape index (κ2) is 8.05. The summed E-state index contributed by atoms with van der Waals surface area (Å²) in [5, 5.41) is 21.5. The molecular formula is C21H18F3NO3. The first-order valence-electron chi connectivity index (χ1n) is 8.69. The Hall–Kier alpha value is -2.82. The van der Waals surface area contributed by atoms with Crippen LogP contribution in [0.25, 0.3) is 11.1 Å². The van der Waals surface area contributed by atoms with Gasteiger partial charge in [0.2, 0.25) is 0 Å². The van der Waals surface area contributed by atoms with E-state index in [1.807, 2.05) is 0 Å². The van der Waals surface area contributed by atoms with Gasteiger partial charge in [0.1, 0.15) is 0 Å². The van der Waals surface area contributed by atoms with Gasteiger partial charge in [-0.1, -0.05) is 42.3 Å². The van der Waals surface area contributed by atoms with Gasteiger partial charge in [-0.2, -0.15) is 13.2 Å². The predicted octanol–water partition coefficient (Wildman–Crippen LogP) is 2.72. The predicted molar refractivity (Wildman–Crippen MR) is 96.9 cm³/mol. The minimum atomic E-state index is -4.57. The topological polar surface area (TPSA) is 69.6 Å². The molecule has 1 amide bonds. The zero-order valence-corrected chi connectivity index (χ0v) is 14.7. The van der Waals surface area contributed by atoms with Crippen LogP contribution >= 0.6 is 0 Å². The third-order valence-corrected chi connectivity index (χ3v) is 4.56. The highest BCUT2D eigenvalue weighted by molar-refractivity contribution is 5.94. The van der Waals surface area contributed by atoms with E-state index in [2.05, 4.69) is 17.2 Å². The normalized spacial score (nSPS) is 21.7. The van der Waals surface area contributed by atoms with Gasteiger partial charge in [0.25, 0.3) is 5.91 Å². The van der Waals surface area contributed by atoms with E-state index >= 15 is 0 Å². The molecule has 0 aromatic heterocycles. The molecule has 3 N–H and O–H groups in total. The van der Waals surface area contributed by atoms with Crippen LogP contribution in [0.15, 0.2) is 48.5 Å². The lowest BCUT2D eigenvalue weighted by Crippen LogP contribution is -2.32. The number of nitrogens with one attached hydrogen (secondary N) is 1. The summed E-state index contributed by atoms with van der Waals surface area (Å²) < 4.78 is 40.4. The quantitative estimate of drug-likeness (QED) is 0.692. The van der Waals surface area contributed by atoms with Gasteiger partial charge < -0.3 is 15.5 Å². The third-order valence-electron chi connectivity index (χ3n) is 4.56. The van der Waals surface area contributed by atoms with Gasteiger partial charge in [-0.3, -0.25) is 4.79 Å². The fourth-order valence-electron chi connectivity index (χ4n) is 3.19. The van der Waals surface area contributed by atoms with E-state index in [9.17, 15) is 28.2 Å². The molecule has 146 valence electrons. The number of alkyl halides is 3. The summed E-state index contributed by atoms with van der Waals surface area (Å²) >= 11 is 0. The number of aliphatic hydroxyl groups excluding tert-OH is 2. The molecule has 3 rings (SSSR count). The van der Waals surface area contributed by atoms with E-state index in [0.29, 0.717) is 5.56 Å². The molecule has 3 atom stereocenters. The summed E-state index contributed by atoms with van der Waals surface area (Å²) in [5.74, 6) is 4.03. The molecule has 0 radical (unpaired) electrons. The van der Waals surface area contributed by atoms with Gasteiger partial charge in [0.15, 0.2) is 0 Å². The first-order valence-corrected chi connectivity index (χ1v) is 8.69. The van der Waals surface area contributed by atoms with Crippen molar-refractivity contribution in [1.82, 2.24) is 5.32 Å². The Morgan fingerprint density at radius 3 is 2.29 bits per heavy atom. The number of halogens is 3. The molecule has 28 heavy (non-hydrogen) atoms. The number of hydrogen-bond acceptors (Lipinski definition) is 3. The number of hydrogen-bond donors (Lipinski definition) is 3. The minimum Gasteiger partial charge on any atom is -0.390 e. The van der Waals surface area contributed by atoms with Crippen LogP contribution in [0.2, 0.25) is 0 Å². The maximum Gasteiger partial charge on any atom is 0.417 e. The number of carbonyl (C=O) groups excluding carboxylic acids is 1. The second-order valence-electron chi connectivity index (χ2n) is 6.65. The van der Waals surface area contributed by atoms with Gasteiger partial charge in [-0.15, -0.1) is 0 Å². The number of carbonyl (C=O) groups is 1. The number of rotatable bonds is 2. The molecule has 0 bridgehead atoms. The maximum atomic E-state index is 13.5. The lowest BCUT2D eigenvalue weighted by molar-refractivity contribution is -0.137. The van der Waals surface area contributed by atoms with E-state index in [0.717, 1.165) is 6.07 Å². The molecule has 2 aromatic carbocycles. The Kier molecular flexibility index (Phi) is 5.73. The number of benzene rings is 2. The highest BCUT2D eigenvalue weighted by Gasteiger charge is 2.34. The van der Waals surface area contributed by atoms with Crippen LogP contribution in [0.4, 0.5) is 13.2 Å². The fraction of sp³-hybridized carbons (Fsp3) is 0.286. The van der Waals surface area contributed by atoms with Gasteiger partial charge >= 0.3 is 6.18 Å². The summed E-state index contributed by atoms with van der Waals surface area (Å²) in [6.45, 7) is 0. The van der Waals surface area contributed by atoms with Crippen LogP contribution in [-0.2, 0) is 11.0 Å². The molecule has 1 aliphatic carbocycles. The van der Waals surface area contributed by atoms with Gasteiger partial charge in [0.05, 0.1) is 17.8 Å². The van der Waals surface area contributed by atoms with Crippen molar-refractivity contribution >= 4 is 5.91 Å². The molecule has 0 spiro atoms. The van der Waals surface area contributed by atoms with Crippen molar-refractivity contribution < 1.29 is 28.2 Å². The molecule has 2 aromatic rings. The molecule has 4 nitrogen and oxygen atoms in total. The zero-order valence-electron chi connectivity index (χ0n) is 14.7. The SMILES string of the molecule is O=C(C#Cc1ccc(-c2ccccc2)c(C(F)(F)F)c1)N[C@@H]1C[C@@H](O)[C@@H](O)C1. The van der Waals surface area contributed by atoms with Crippen molar-refractivity contribution in [3.8, 4) is 23.0 Å². The monoisotopic (exact) mass is 389 g/mol. The van der Waals surface area contributed by atoms with E-state index < -0.39 is 35.9 Å². The molecule has 1 aliphatic rings. The van der Waals surface area contributed by atoms with Crippen molar-refractivity contribution in [2.75, 3.05) is 0 Å². The van der Waals surface area contributed by atoms with Crippen molar-refractivity contribution in [3.63, 3.8) is 0 Å². The van der Waals surface area contributed by atoms with Crippen molar-refractivity contribution in [2.45, 2.75) is 37.3 Å². The molecular weight excluding hydrogens is 371 g/mol. The Balaban J connectivity index is 1.80. The van der Waals surface area contributed by atoms with E-state index in [4.69, 9.17) is 0 Å². The van der Waals surface area contributed by atoms with Gasteiger partial charge in [-0.05, 0) is 36.1 Å². The van der Waals surface area contributed by atoms with Crippen LogP contribution in [0.5, 0.6) is 0 Å².